The number of aliphatic hydroxyl groups excluding tert-OH is 1. The van der Waals surface area contributed by atoms with Gasteiger partial charge in [0.15, 0.2) is 0 Å². The number of aryl methyl sites for hydroxylation is 1. The second kappa shape index (κ2) is 10.4. The second-order valence-corrected chi connectivity index (χ2v) is 9.12. The van der Waals surface area contributed by atoms with Crippen LogP contribution in [0.5, 0.6) is 5.75 Å². The lowest BCUT2D eigenvalue weighted by molar-refractivity contribution is -0.140. The minimum absolute atomic E-state index is 0.0231. The standard InChI is InChI=1S/C25H26Cl2N2O5/c1-15-13-17(4-6-20(15)33-2)23(30)21-22(16-3-5-18(26)19(27)14-16)29(25(32)24(21)31)8-7-28-9-11-34-12-10-28/h3-6,13-14,22,30H,7-12H2,1-2H3/b23-21-. The van der Waals surface area contributed by atoms with Crippen LogP contribution in [0.1, 0.15) is 22.7 Å². The van der Waals surface area contributed by atoms with E-state index in [9.17, 15) is 14.7 Å². The normalized spacial score (nSPS) is 20.7. The molecule has 0 spiro atoms. The third-order valence-corrected chi connectivity index (χ3v) is 6.97. The maximum Gasteiger partial charge on any atom is 0.295 e. The number of methoxy groups -OCH3 is 1. The number of nitrogens with zero attached hydrogens (tertiary/aromatic N) is 2. The summed E-state index contributed by atoms with van der Waals surface area (Å²) in [6.45, 7) is 5.51. The van der Waals surface area contributed by atoms with Gasteiger partial charge in [0.25, 0.3) is 11.7 Å². The number of likely N-dealkylation sites (tertiary alicyclic amines) is 1. The van der Waals surface area contributed by atoms with Crippen LogP contribution in [0.3, 0.4) is 0 Å². The predicted molar refractivity (Wildman–Crippen MR) is 130 cm³/mol. The Morgan fingerprint density at radius 3 is 2.47 bits per heavy atom. The fourth-order valence-corrected chi connectivity index (χ4v) is 4.70. The Labute approximate surface area is 208 Å². The molecule has 2 aliphatic heterocycles. The Hall–Kier alpha value is -2.58. The van der Waals surface area contributed by atoms with Crippen molar-refractivity contribution in [3.05, 3.63) is 68.7 Å². The molecule has 2 fully saturated rings. The summed E-state index contributed by atoms with van der Waals surface area (Å²) < 4.78 is 10.7. The molecule has 0 aromatic heterocycles. The van der Waals surface area contributed by atoms with Crippen LogP contribution in [0.15, 0.2) is 42.0 Å². The molecular formula is C25H26Cl2N2O5. The minimum atomic E-state index is -0.793. The third-order valence-electron chi connectivity index (χ3n) is 6.23. The monoisotopic (exact) mass is 504 g/mol. The molecule has 0 radical (unpaired) electrons. The predicted octanol–water partition coefficient (Wildman–Crippen LogP) is 4.06. The Bertz CT molecular complexity index is 1140. The molecule has 0 aliphatic carbocycles. The van der Waals surface area contributed by atoms with E-state index in [4.69, 9.17) is 32.7 Å². The zero-order valence-electron chi connectivity index (χ0n) is 19.0. The van der Waals surface area contributed by atoms with E-state index in [-0.39, 0.29) is 11.3 Å². The van der Waals surface area contributed by atoms with Crippen molar-refractivity contribution < 1.29 is 24.2 Å². The van der Waals surface area contributed by atoms with Crippen LogP contribution < -0.4 is 4.74 Å². The van der Waals surface area contributed by atoms with Crippen LogP contribution in [-0.4, -0.2) is 73.1 Å². The van der Waals surface area contributed by atoms with E-state index >= 15 is 0 Å². The van der Waals surface area contributed by atoms with E-state index in [2.05, 4.69) is 4.90 Å². The Kier molecular flexibility index (Phi) is 7.48. The highest BCUT2D eigenvalue weighted by molar-refractivity contribution is 6.46. The Balaban J connectivity index is 1.77. The quantitative estimate of drug-likeness (QED) is 0.363. The molecule has 2 aromatic rings. The van der Waals surface area contributed by atoms with Gasteiger partial charge in [-0.25, -0.2) is 0 Å². The number of ether oxygens (including phenoxy) is 2. The number of Topliss-reactive ketones (excluding diaryl/α,β-unsaturated/α-hetero) is 1. The molecule has 9 heteroatoms. The summed E-state index contributed by atoms with van der Waals surface area (Å²) in [4.78, 5) is 30.0. The lowest BCUT2D eigenvalue weighted by Crippen LogP contribution is -2.42. The number of halogens is 2. The van der Waals surface area contributed by atoms with E-state index in [0.29, 0.717) is 53.2 Å². The van der Waals surface area contributed by atoms with Gasteiger partial charge < -0.3 is 19.5 Å². The molecule has 0 bridgehead atoms. The molecule has 2 aromatic carbocycles. The number of benzene rings is 2. The van der Waals surface area contributed by atoms with Gasteiger partial charge in [-0.15, -0.1) is 0 Å². The van der Waals surface area contributed by atoms with Gasteiger partial charge in [-0.3, -0.25) is 14.5 Å². The number of hydrogen-bond donors (Lipinski definition) is 1. The highest BCUT2D eigenvalue weighted by Crippen LogP contribution is 2.41. The maximum absolute atomic E-state index is 13.2. The largest absolute Gasteiger partial charge is 0.507 e. The van der Waals surface area contributed by atoms with E-state index in [0.717, 1.165) is 18.7 Å². The van der Waals surface area contributed by atoms with E-state index in [1.165, 1.54) is 4.90 Å². The first-order valence-electron chi connectivity index (χ1n) is 11.0. The zero-order chi connectivity index (χ0) is 24.4. The smallest absolute Gasteiger partial charge is 0.295 e. The maximum atomic E-state index is 13.2. The number of hydrogen-bond acceptors (Lipinski definition) is 6. The van der Waals surface area contributed by atoms with Crippen LogP contribution in [0.4, 0.5) is 0 Å². The van der Waals surface area contributed by atoms with Gasteiger partial charge in [0, 0.05) is 31.7 Å². The number of rotatable bonds is 6. The van der Waals surface area contributed by atoms with Crippen LogP contribution in [0, 0.1) is 6.92 Å². The first kappa shape index (κ1) is 24.5. The van der Waals surface area contributed by atoms with Gasteiger partial charge in [-0.1, -0.05) is 29.3 Å². The summed E-state index contributed by atoms with van der Waals surface area (Å²) in [5.74, 6) is -0.974. The Morgan fingerprint density at radius 2 is 1.82 bits per heavy atom. The summed E-state index contributed by atoms with van der Waals surface area (Å²) in [5, 5.41) is 11.9. The van der Waals surface area contributed by atoms with Crippen molar-refractivity contribution in [1.29, 1.82) is 0 Å². The van der Waals surface area contributed by atoms with Gasteiger partial charge in [-0.05, 0) is 48.4 Å². The van der Waals surface area contributed by atoms with E-state index in [1.807, 2.05) is 6.92 Å². The highest BCUT2D eigenvalue weighted by atomic mass is 35.5. The third kappa shape index (κ3) is 4.79. The minimum Gasteiger partial charge on any atom is -0.507 e. The highest BCUT2D eigenvalue weighted by Gasteiger charge is 2.46. The molecular weight excluding hydrogens is 479 g/mol. The number of morpholine rings is 1. The number of aliphatic hydroxyl groups is 1. The number of ketones is 1. The summed E-state index contributed by atoms with van der Waals surface area (Å²) in [6, 6.07) is 9.29. The first-order valence-corrected chi connectivity index (χ1v) is 11.8. The van der Waals surface area contributed by atoms with Crippen LogP contribution in [-0.2, 0) is 14.3 Å². The molecule has 1 atom stereocenters. The van der Waals surface area contributed by atoms with E-state index < -0.39 is 17.7 Å². The fourth-order valence-electron chi connectivity index (χ4n) is 4.39. The van der Waals surface area contributed by atoms with Gasteiger partial charge in [0.1, 0.15) is 11.5 Å². The molecule has 2 aliphatic rings. The average molecular weight is 505 g/mol. The van der Waals surface area contributed by atoms with Crippen LogP contribution in [0.2, 0.25) is 10.0 Å². The number of amides is 1. The van der Waals surface area contributed by atoms with Crippen molar-refractivity contribution in [2.24, 2.45) is 0 Å². The molecule has 7 nitrogen and oxygen atoms in total. The van der Waals surface area contributed by atoms with Crippen LogP contribution in [0.25, 0.3) is 5.76 Å². The lowest BCUT2D eigenvalue weighted by Gasteiger charge is -2.31. The molecule has 2 heterocycles. The Morgan fingerprint density at radius 1 is 1.09 bits per heavy atom. The van der Waals surface area contributed by atoms with Crippen molar-refractivity contribution in [3.8, 4) is 5.75 Å². The fraction of sp³-hybridized carbons (Fsp3) is 0.360. The molecule has 1 unspecified atom stereocenters. The molecule has 2 saturated heterocycles. The van der Waals surface area contributed by atoms with E-state index in [1.54, 1.807) is 43.5 Å². The van der Waals surface area contributed by atoms with Crippen molar-refractivity contribution in [2.75, 3.05) is 46.5 Å². The van der Waals surface area contributed by atoms with Crippen molar-refractivity contribution in [3.63, 3.8) is 0 Å². The second-order valence-electron chi connectivity index (χ2n) is 8.30. The summed E-state index contributed by atoms with van der Waals surface area (Å²) in [5.41, 5.74) is 1.84. The lowest BCUT2D eigenvalue weighted by atomic mass is 9.94. The van der Waals surface area contributed by atoms with Crippen molar-refractivity contribution in [2.45, 2.75) is 13.0 Å². The van der Waals surface area contributed by atoms with Gasteiger partial charge in [-0.2, -0.15) is 0 Å². The molecule has 1 N–H and O–H groups in total. The van der Waals surface area contributed by atoms with Gasteiger partial charge >= 0.3 is 0 Å². The topological polar surface area (TPSA) is 79.3 Å². The SMILES string of the molecule is COc1ccc(/C(O)=C2/C(=O)C(=O)N(CCN3CCOCC3)C2c2ccc(Cl)c(Cl)c2)cc1C. The molecule has 1 amide bonds. The van der Waals surface area contributed by atoms with Crippen LogP contribution >= 0.6 is 23.2 Å². The molecule has 180 valence electrons. The molecule has 34 heavy (non-hydrogen) atoms. The van der Waals surface area contributed by atoms with Crippen molar-refractivity contribution in [1.82, 2.24) is 9.80 Å². The number of carbonyl (C=O) groups excluding carboxylic acids is 2. The molecule has 4 rings (SSSR count). The summed E-state index contributed by atoms with van der Waals surface area (Å²) in [6.07, 6.45) is 0. The van der Waals surface area contributed by atoms with Gasteiger partial charge in [0.2, 0.25) is 0 Å². The zero-order valence-corrected chi connectivity index (χ0v) is 20.5. The van der Waals surface area contributed by atoms with Crippen molar-refractivity contribution >= 4 is 40.7 Å². The average Bonchev–Trinajstić information content (AvgIpc) is 3.09. The summed E-state index contributed by atoms with van der Waals surface area (Å²) >= 11 is 12.4. The van der Waals surface area contributed by atoms with Gasteiger partial charge in [0.05, 0.1) is 42.0 Å². The summed E-state index contributed by atoms with van der Waals surface area (Å²) in [7, 11) is 1.56. The first-order chi connectivity index (χ1) is 16.3. The number of carbonyl (C=O) groups is 2. The molecule has 0 saturated carbocycles.